The van der Waals surface area contributed by atoms with Crippen LogP contribution in [-0.4, -0.2) is 25.0 Å². The Kier molecular flexibility index (Phi) is 5.41. The van der Waals surface area contributed by atoms with E-state index < -0.39 is 6.04 Å². The maximum Gasteiger partial charge on any atom is 0.261 e. The number of carbonyl (C=O) groups excluding carboxylic acids is 2. The zero-order valence-electron chi connectivity index (χ0n) is 12.1. The third kappa shape index (κ3) is 3.99. The summed E-state index contributed by atoms with van der Waals surface area (Å²) < 4.78 is 5.05. The number of halogens is 1. The summed E-state index contributed by atoms with van der Waals surface area (Å²) in [4.78, 5) is 24.5. The van der Waals surface area contributed by atoms with Gasteiger partial charge in [0.1, 0.15) is 11.8 Å². The molecular weight excluding hydrogens is 324 g/mol. The molecule has 2 rings (SSSR count). The Morgan fingerprint density at radius 2 is 2.09 bits per heavy atom. The molecule has 1 heterocycles. The van der Waals surface area contributed by atoms with Gasteiger partial charge in [0, 0.05) is 5.69 Å². The van der Waals surface area contributed by atoms with E-state index in [1.807, 2.05) is 0 Å². The Balaban J connectivity index is 1.96. The molecule has 0 spiro atoms. The van der Waals surface area contributed by atoms with Crippen molar-refractivity contribution in [3.8, 4) is 5.75 Å². The Labute approximate surface area is 137 Å². The van der Waals surface area contributed by atoms with Crippen molar-refractivity contribution in [1.29, 1.82) is 0 Å². The molecule has 0 unspecified atom stereocenters. The van der Waals surface area contributed by atoms with Crippen molar-refractivity contribution in [2.45, 2.75) is 13.0 Å². The summed E-state index contributed by atoms with van der Waals surface area (Å²) in [5.74, 6) is -0.0738. The molecule has 5 nitrogen and oxygen atoms in total. The summed E-state index contributed by atoms with van der Waals surface area (Å²) >= 11 is 7.32. The fourth-order valence-electron chi connectivity index (χ4n) is 1.74. The van der Waals surface area contributed by atoms with E-state index in [9.17, 15) is 9.59 Å². The molecule has 0 saturated heterocycles. The second-order valence-corrected chi connectivity index (χ2v) is 5.87. The van der Waals surface area contributed by atoms with E-state index in [1.54, 1.807) is 42.6 Å². The average molecular weight is 339 g/mol. The van der Waals surface area contributed by atoms with Gasteiger partial charge in [-0.25, -0.2) is 0 Å². The predicted octanol–water partition coefficient (Wildman–Crippen LogP) is 3.17. The molecule has 1 aromatic heterocycles. The molecular formula is C15H15ClN2O3S. The van der Waals surface area contributed by atoms with E-state index >= 15 is 0 Å². The Hall–Kier alpha value is -2.05. The van der Waals surface area contributed by atoms with Gasteiger partial charge in [-0.1, -0.05) is 17.7 Å². The van der Waals surface area contributed by atoms with Crippen molar-refractivity contribution in [2.75, 3.05) is 12.4 Å². The standard InChI is InChI=1S/C15H15ClN2O3S/c1-9(17-15(20)13-4-3-7-22-13)14(19)18-10-5-6-12(21-2)11(16)8-10/h3-9H,1-2H3,(H,17,20)(H,18,19)/t9-/m1/s1. The fourth-order valence-corrected chi connectivity index (χ4v) is 2.62. The minimum Gasteiger partial charge on any atom is -0.495 e. The molecule has 0 saturated carbocycles. The highest BCUT2D eigenvalue weighted by atomic mass is 35.5. The van der Waals surface area contributed by atoms with Crippen molar-refractivity contribution < 1.29 is 14.3 Å². The van der Waals surface area contributed by atoms with Gasteiger partial charge in [0.25, 0.3) is 5.91 Å². The minimum absolute atomic E-state index is 0.273. The highest BCUT2D eigenvalue weighted by molar-refractivity contribution is 7.12. The number of rotatable bonds is 5. The fraction of sp³-hybridized carbons (Fsp3) is 0.200. The van der Waals surface area contributed by atoms with Crippen LogP contribution in [0.25, 0.3) is 0 Å². The third-order valence-corrected chi connectivity index (χ3v) is 4.07. The van der Waals surface area contributed by atoms with Gasteiger partial charge in [0.05, 0.1) is 17.0 Å². The summed E-state index contributed by atoms with van der Waals surface area (Å²) in [7, 11) is 1.52. The number of carbonyl (C=O) groups is 2. The van der Waals surface area contributed by atoms with Crippen LogP contribution in [0.2, 0.25) is 5.02 Å². The van der Waals surface area contributed by atoms with Crippen LogP contribution in [0, 0.1) is 0 Å². The highest BCUT2D eigenvalue weighted by Crippen LogP contribution is 2.27. The Morgan fingerprint density at radius 1 is 1.32 bits per heavy atom. The van der Waals surface area contributed by atoms with Gasteiger partial charge in [0.15, 0.2) is 0 Å². The Morgan fingerprint density at radius 3 is 2.68 bits per heavy atom. The molecule has 0 radical (unpaired) electrons. The summed E-state index contributed by atoms with van der Waals surface area (Å²) in [6, 6.07) is 7.74. The molecule has 2 amide bonds. The van der Waals surface area contributed by atoms with Gasteiger partial charge >= 0.3 is 0 Å². The van der Waals surface area contributed by atoms with Crippen molar-refractivity contribution in [1.82, 2.24) is 5.32 Å². The van der Waals surface area contributed by atoms with Crippen molar-refractivity contribution in [3.63, 3.8) is 0 Å². The second kappa shape index (κ2) is 7.29. The van der Waals surface area contributed by atoms with E-state index in [2.05, 4.69) is 10.6 Å². The van der Waals surface area contributed by atoms with Crippen LogP contribution >= 0.6 is 22.9 Å². The molecule has 7 heteroatoms. The smallest absolute Gasteiger partial charge is 0.261 e. The van der Waals surface area contributed by atoms with Crippen LogP contribution < -0.4 is 15.4 Å². The molecule has 0 aliphatic heterocycles. The molecule has 0 fully saturated rings. The van der Waals surface area contributed by atoms with Crippen molar-refractivity contribution in [2.24, 2.45) is 0 Å². The molecule has 2 aromatic rings. The number of methoxy groups -OCH3 is 1. The summed E-state index contributed by atoms with van der Waals surface area (Å²) in [6.45, 7) is 1.62. The first-order chi connectivity index (χ1) is 10.5. The van der Waals surface area contributed by atoms with Crippen LogP contribution in [0.15, 0.2) is 35.7 Å². The lowest BCUT2D eigenvalue weighted by Gasteiger charge is -2.14. The predicted molar refractivity (Wildman–Crippen MR) is 87.9 cm³/mol. The molecule has 2 N–H and O–H groups in total. The summed E-state index contributed by atoms with van der Waals surface area (Å²) in [6.07, 6.45) is 0. The summed E-state index contributed by atoms with van der Waals surface area (Å²) in [5, 5.41) is 7.54. The monoisotopic (exact) mass is 338 g/mol. The largest absolute Gasteiger partial charge is 0.495 e. The van der Waals surface area contributed by atoms with E-state index in [4.69, 9.17) is 16.3 Å². The van der Waals surface area contributed by atoms with E-state index in [0.29, 0.717) is 21.3 Å². The van der Waals surface area contributed by atoms with Crippen molar-refractivity contribution in [3.05, 3.63) is 45.6 Å². The van der Waals surface area contributed by atoms with Crippen LogP contribution in [0.3, 0.4) is 0 Å². The number of benzene rings is 1. The molecule has 0 aliphatic rings. The topological polar surface area (TPSA) is 67.4 Å². The molecule has 1 aromatic carbocycles. The van der Waals surface area contributed by atoms with Gasteiger partial charge < -0.3 is 15.4 Å². The summed E-state index contributed by atoms with van der Waals surface area (Å²) in [5.41, 5.74) is 0.535. The minimum atomic E-state index is -0.671. The molecule has 22 heavy (non-hydrogen) atoms. The molecule has 1 atom stereocenters. The lowest BCUT2D eigenvalue weighted by Crippen LogP contribution is -2.41. The number of anilines is 1. The van der Waals surface area contributed by atoms with Gasteiger partial charge in [-0.2, -0.15) is 0 Å². The van der Waals surface area contributed by atoms with Gasteiger partial charge in [-0.3, -0.25) is 9.59 Å². The number of ether oxygens (including phenoxy) is 1. The number of thiophene rings is 1. The maximum absolute atomic E-state index is 12.1. The van der Waals surface area contributed by atoms with E-state index in [0.717, 1.165) is 0 Å². The first-order valence-corrected chi connectivity index (χ1v) is 7.76. The van der Waals surface area contributed by atoms with Gasteiger partial charge in [-0.15, -0.1) is 11.3 Å². The SMILES string of the molecule is COc1ccc(NC(=O)[C@@H](C)NC(=O)c2cccs2)cc1Cl. The van der Waals surface area contributed by atoms with Crippen LogP contribution in [0.4, 0.5) is 5.69 Å². The normalized spacial score (nSPS) is 11.6. The van der Waals surface area contributed by atoms with Crippen LogP contribution in [0.1, 0.15) is 16.6 Å². The van der Waals surface area contributed by atoms with Crippen LogP contribution in [0.5, 0.6) is 5.75 Å². The van der Waals surface area contributed by atoms with E-state index in [-0.39, 0.29) is 11.8 Å². The zero-order valence-corrected chi connectivity index (χ0v) is 13.6. The first kappa shape index (κ1) is 16.3. The number of nitrogens with one attached hydrogen (secondary N) is 2. The molecule has 0 aliphatic carbocycles. The average Bonchev–Trinajstić information content (AvgIpc) is 3.01. The Bertz CT molecular complexity index is 673. The van der Waals surface area contributed by atoms with Gasteiger partial charge in [-0.05, 0) is 36.6 Å². The van der Waals surface area contributed by atoms with Crippen LogP contribution in [-0.2, 0) is 4.79 Å². The molecule has 0 bridgehead atoms. The highest BCUT2D eigenvalue weighted by Gasteiger charge is 2.17. The lowest BCUT2D eigenvalue weighted by molar-refractivity contribution is -0.117. The maximum atomic E-state index is 12.1. The number of hydrogen-bond acceptors (Lipinski definition) is 4. The first-order valence-electron chi connectivity index (χ1n) is 6.50. The van der Waals surface area contributed by atoms with E-state index in [1.165, 1.54) is 18.4 Å². The second-order valence-electron chi connectivity index (χ2n) is 4.51. The third-order valence-electron chi connectivity index (χ3n) is 2.91. The lowest BCUT2D eigenvalue weighted by atomic mass is 10.2. The number of hydrogen-bond donors (Lipinski definition) is 2. The number of amides is 2. The zero-order chi connectivity index (χ0) is 16.1. The van der Waals surface area contributed by atoms with Gasteiger partial charge in [0.2, 0.25) is 5.91 Å². The van der Waals surface area contributed by atoms with Crippen molar-refractivity contribution >= 4 is 40.4 Å². The quantitative estimate of drug-likeness (QED) is 0.880. The molecule has 116 valence electrons.